The predicted molar refractivity (Wildman–Crippen MR) is 128 cm³/mol. The van der Waals surface area contributed by atoms with Crippen LogP contribution in [-0.4, -0.2) is 53.5 Å². The molecule has 0 radical (unpaired) electrons. The molecule has 35 heavy (non-hydrogen) atoms. The Morgan fingerprint density at radius 1 is 1.26 bits per heavy atom. The number of rotatable bonds is 6. The van der Waals surface area contributed by atoms with Crippen molar-refractivity contribution in [2.24, 2.45) is 5.41 Å². The number of nitrogens with one attached hydrogen (secondary N) is 2. The third-order valence-corrected chi connectivity index (χ3v) is 7.27. The van der Waals surface area contributed by atoms with Gasteiger partial charge in [-0.15, -0.1) is 0 Å². The van der Waals surface area contributed by atoms with Crippen molar-refractivity contribution in [1.29, 1.82) is 0 Å². The summed E-state index contributed by atoms with van der Waals surface area (Å²) in [5.41, 5.74) is 2.15. The third-order valence-electron chi connectivity index (χ3n) is 7.27. The lowest BCUT2D eigenvalue weighted by molar-refractivity contribution is -0.0197. The number of H-pyrrole nitrogens is 1. The van der Waals surface area contributed by atoms with Crippen LogP contribution in [0.2, 0.25) is 0 Å². The van der Waals surface area contributed by atoms with E-state index in [-0.39, 0.29) is 29.7 Å². The smallest absolute Gasteiger partial charge is 0.346 e. The highest BCUT2D eigenvalue weighted by atomic mass is 16.5. The number of carbonyl (C=O) groups is 1. The minimum Gasteiger partial charge on any atom is -0.489 e. The van der Waals surface area contributed by atoms with E-state index in [1.165, 1.54) is 0 Å². The molecule has 10 heteroatoms. The van der Waals surface area contributed by atoms with Gasteiger partial charge in [-0.1, -0.05) is 0 Å². The van der Waals surface area contributed by atoms with Gasteiger partial charge in [-0.2, -0.15) is 10.2 Å². The Morgan fingerprint density at radius 2 is 2.06 bits per heavy atom. The average molecular weight is 477 g/mol. The summed E-state index contributed by atoms with van der Waals surface area (Å²) in [4.78, 5) is 24.8. The van der Waals surface area contributed by atoms with Crippen molar-refractivity contribution in [3.63, 3.8) is 0 Å². The lowest BCUT2D eigenvalue weighted by atomic mass is 9.49. The molecule has 4 aromatic rings. The Kier molecular flexibility index (Phi) is 4.79. The van der Waals surface area contributed by atoms with Crippen LogP contribution < -0.4 is 15.7 Å². The SMILES string of the molecule is CC(C)(O)COc1ccc2c(C(=O)NC3CC4(C3)CC(c3n[nH]c(=O)n5cccc35)C4)cnn2c1. The number of ether oxygens (including phenoxy) is 1. The molecule has 6 rings (SSSR count). The third kappa shape index (κ3) is 3.87. The molecule has 0 atom stereocenters. The first kappa shape index (κ1) is 21.8. The van der Waals surface area contributed by atoms with Gasteiger partial charge in [0.2, 0.25) is 0 Å². The van der Waals surface area contributed by atoms with Crippen molar-refractivity contribution in [3.05, 3.63) is 64.6 Å². The summed E-state index contributed by atoms with van der Waals surface area (Å²) < 4.78 is 8.84. The van der Waals surface area contributed by atoms with Gasteiger partial charge in [-0.3, -0.25) is 9.20 Å². The zero-order valence-electron chi connectivity index (χ0n) is 19.7. The second-order valence-corrected chi connectivity index (χ2v) is 10.7. The second kappa shape index (κ2) is 7.67. The van der Waals surface area contributed by atoms with E-state index in [1.54, 1.807) is 53.5 Å². The molecule has 4 heterocycles. The number of carbonyl (C=O) groups excluding carboxylic acids is 1. The summed E-state index contributed by atoms with van der Waals surface area (Å²) in [6, 6.07) is 7.53. The van der Waals surface area contributed by atoms with Crippen molar-refractivity contribution in [1.82, 2.24) is 29.5 Å². The largest absolute Gasteiger partial charge is 0.489 e. The van der Waals surface area contributed by atoms with Gasteiger partial charge in [0.25, 0.3) is 5.91 Å². The first-order valence-electron chi connectivity index (χ1n) is 11.9. The van der Waals surface area contributed by atoms with Gasteiger partial charge in [-0.05, 0) is 69.2 Å². The van der Waals surface area contributed by atoms with E-state index in [0.717, 1.165) is 36.9 Å². The summed E-state index contributed by atoms with van der Waals surface area (Å²) in [6.45, 7) is 3.52. The van der Waals surface area contributed by atoms with Crippen LogP contribution >= 0.6 is 0 Å². The fourth-order valence-electron chi connectivity index (χ4n) is 5.64. The lowest BCUT2D eigenvalue weighted by Crippen LogP contribution is -2.55. The highest BCUT2D eigenvalue weighted by Gasteiger charge is 2.54. The van der Waals surface area contributed by atoms with Crippen LogP contribution in [0.15, 0.2) is 47.7 Å². The Labute approximate surface area is 200 Å². The molecule has 2 fully saturated rings. The molecule has 0 unspecified atom stereocenters. The predicted octanol–water partition coefficient (Wildman–Crippen LogP) is 2.28. The summed E-state index contributed by atoms with van der Waals surface area (Å²) in [5, 5.41) is 24.2. The Hall–Kier alpha value is -3.66. The average Bonchev–Trinajstić information content (AvgIpc) is 3.41. The Balaban J connectivity index is 1.06. The molecule has 3 N–H and O–H groups in total. The summed E-state index contributed by atoms with van der Waals surface area (Å²) >= 11 is 0. The number of pyridine rings is 1. The summed E-state index contributed by atoms with van der Waals surface area (Å²) in [5.74, 6) is 0.774. The molecule has 0 bridgehead atoms. The van der Waals surface area contributed by atoms with Crippen molar-refractivity contribution >= 4 is 16.9 Å². The molecular formula is C25H28N6O4. The maximum absolute atomic E-state index is 12.9. The second-order valence-electron chi connectivity index (χ2n) is 10.7. The number of aromatic nitrogens is 5. The Morgan fingerprint density at radius 3 is 2.83 bits per heavy atom. The van der Waals surface area contributed by atoms with Crippen LogP contribution in [0.3, 0.4) is 0 Å². The number of hydrogen-bond acceptors (Lipinski definition) is 6. The van der Waals surface area contributed by atoms with E-state index < -0.39 is 5.60 Å². The fourth-order valence-corrected chi connectivity index (χ4v) is 5.64. The van der Waals surface area contributed by atoms with Crippen molar-refractivity contribution in [2.75, 3.05) is 6.61 Å². The summed E-state index contributed by atoms with van der Waals surface area (Å²) in [7, 11) is 0. The number of nitrogens with zero attached hydrogens (tertiary/aromatic N) is 4. The van der Waals surface area contributed by atoms with E-state index >= 15 is 0 Å². The quantitative estimate of drug-likeness (QED) is 0.392. The van der Waals surface area contributed by atoms with Gasteiger partial charge in [0.1, 0.15) is 12.4 Å². The van der Waals surface area contributed by atoms with Gasteiger partial charge in [0.15, 0.2) is 0 Å². The zero-order valence-corrected chi connectivity index (χ0v) is 19.7. The fraction of sp³-hybridized carbons (Fsp3) is 0.440. The number of aromatic amines is 1. The molecule has 0 aliphatic heterocycles. The molecule has 2 saturated carbocycles. The van der Waals surface area contributed by atoms with Crippen LogP contribution in [0, 0.1) is 5.41 Å². The Bertz CT molecular complexity index is 1480. The number of hydrogen-bond donors (Lipinski definition) is 3. The zero-order chi connectivity index (χ0) is 24.4. The maximum Gasteiger partial charge on any atom is 0.346 e. The topological polar surface area (TPSA) is 126 Å². The molecule has 0 aromatic carbocycles. The molecule has 2 aliphatic carbocycles. The van der Waals surface area contributed by atoms with E-state index in [2.05, 4.69) is 20.6 Å². The van der Waals surface area contributed by atoms with Crippen molar-refractivity contribution < 1.29 is 14.6 Å². The highest BCUT2D eigenvalue weighted by Crippen LogP contribution is 2.61. The number of fused-ring (bicyclic) bond motifs is 2. The van der Waals surface area contributed by atoms with Gasteiger partial charge >= 0.3 is 5.69 Å². The highest BCUT2D eigenvalue weighted by molar-refractivity contribution is 6.00. The van der Waals surface area contributed by atoms with Gasteiger partial charge in [0, 0.05) is 18.2 Å². The maximum atomic E-state index is 12.9. The van der Waals surface area contributed by atoms with Crippen molar-refractivity contribution in [3.8, 4) is 5.75 Å². The van der Waals surface area contributed by atoms with Crippen LogP contribution in [0.5, 0.6) is 5.75 Å². The minimum atomic E-state index is -0.935. The van der Waals surface area contributed by atoms with Crippen molar-refractivity contribution in [2.45, 2.75) is 57.1 Å². The molecule has 1 amide bonds. The monoisotopic (exact) mass is 476 g/mol. The lowest BCUT2D eigenvalue weighted by Gasteiger charge is -2.57. The van der Waals surface area contributed by atoms with Gasteiger partial charge in [0.05, 0.1) is 40.3 Å². The molecule has 4 aromatic heterocycles. The van der Waals surface area contributed by atoms with E-state index in [1.807, 2.05) is 12.1 Å². The number of amides is 1. The normalized spacial score (nSPS) is 23.9. The molecular weight excluding hydrogens is 448 g/mol. The van der Waals surface area contributed by atoms with Gasteiger partial charge in [-0.25, -0.2) is 14.4 Å². The van der Waals surface area contributed by atoms with Crippen LogP contribution in [-0.2, 0) is 0 Å². The molecule has 10 nitrogen and oxygen atoms in total. The standard InChI is InChI=1S/C25H28N6O4/c1-24(2,34)14-35-17-5-6-19-18(12-26-31(19)13-17)22(32)27-16-10-25(11-16)8-15(9-25)21-20-4-3-7-30(20)23(33)29-28-21/h3-7,12-13,15-16,34H,8-11,14H2,1-2H3,(H,27,32)(H,29,33). The first-order chi connectivity index (χ1) is 16.7. The molecule has 182 valence electrons. The first-order valence-corrected chi connectivity index (χ1v) is 11.9. The number of aliphatic hydroxyl groups is 1. The minimum absolute atomic E-state index is 0.127. The molecule has 2 aliphatic rings. The van der Waals surface area contributed by atoms with E-state index in [9.17, 15) is 14.7 Å². The van der Waals surface area contributed by atoms with E-state index in [0.29, 0.717) is 22.7 Å². The summed E-state index contributed by atoms with van der Waals surface area (Å²) in [6.07, 6.45) is 8.97. The van der Waals surface area contributed by atoms with Gasteiger partial charge < -0.3 is 15.2 Å². The molecule has 1 spiro atoms. The van der Waals surface area contributed by atoms with Crippen LogP contribution in [0.25, 0.3) is 11.0 Å². The molecule has 0 saturated heterocycles. The van der Waals surface area contributed by atoms with E-state index in [4.69, 9.17) is 4.74 Å². The van der Waals surface area contributed by atoms with Crippen LogP contribution in [0.4, 0.5) is 0 Å². The van der Waals surface area contributed by atoms with Crippen LogP contribution in [0.1, 0.15) is 61.5 Å².